The van der Waals surface area contributed by atoms with E-state index in [2.05, 4.69) is 0 Å². The molecule has 0 aliphatic carbocycles. The van der Waals surface area contributed by atoms with Crippen LogP contribution in [-0.4, -0.2) is 6.15 Å². The van der Waals surface area contributed by atoms with E-state index in [0.29, 0.717) is 0 Å². The van der Waals surface area contributed by atoms with Crippen molar-refractivity contribution in [2.45, 2.75) is 0 Å². The minimum atomic E-state index is -4.01. The van der Waals surface area contributed by atoms with Crippen LogP contribution in [0.1, 0.15) is 0 Å². The van der Waals surface area contributed by atoms with Crippen LogP contribution in [0.25, 0.3) is 0 Å². The van der Waals surface area contributed by atoms with E-state index < -0.39 is 97.8 Å². The Labute approximate surface area is 228 Å². The molecular weight excluding hydrogens is 550 g/mol. The molecule has 4 aromatic rings. The van der Waals surface area contributed by atoms with Gasteiger partial charge >= 0.3 is 29.6 Å². The average Bonchev–Trinajstić information content (AvgIpc) is 2.83. The molecule has 0 unspecified atom stereocenters. The fourth-order valence-corrected chi connectivity index (χ4v) is 4.46. The smallest absolute Gasteiger partial charge is 0.204 e. The molecule has 0 saturated heterocycles. The molecule has 38 heavy (non-hydrogen) atoms. The number of halogens is 12. The van der Waals surface area contributed by atoms with Gasteiger partial charge in [-0.2, -0.15) is 21.9 Å². The van der Waals surface area contributed by atoms with E-state index in [0.717, 1.165) is 0 Å². The zero-order valence-corrected chi connectivity index (χ0v) is 20.7. The van der Waals surface area contributed by atoms with Gasteiger partial charge in [0, 0.05) is 0 Å². The van der Waals surface area contributed by atoms with Gasteiger partial charge in [-0.15, -0.1) is 0 Å². The molecule has 0 bridgehead atoms. The van der Waals surface area contributed by atoms with E-state index in [4.69, 9.17) is 0 Å². The summed E-state index contributed by atoms with van der Waals surface area (Å²) in [5.41, 5.74) is -3.79. The summed E-state index contributed by atoms with van der Waals surface area (Å²) >= 11 is 0. The number of hydrogen-bond donors (Lipinski definition) is 0. The van der Waals surface area contributed by atoms with Gasteiger partial charge in [-0.25, -0.2) is 52.7 Å². The first-order valence-electron chi connectivity index (χ1n) is 10.0. The summed E-state index contributed by atoms with van der Waals surface area (Å²) in [5.74, 6) is -24.0. The van der Waals surface area contributed by atoms with Gasteiger partial charge in [0.25, 0.3) is 0 Å². The van der Waals surface area contributed by atoms with E-state index in [9.17, 15) is 52.7 Å². The Kier molecular flexibility index (Phi) is 8.35. The Morgan fingerprint density at radius 1 is 0.289 bits per heavy atom. The van der Waals surface area contributed by atoms with E-state index in [1.165, 1.54) is 0 Å². The second-order valence-corrected chi connectivity index (χ2v) is 8.06. The molecule has 0 radical (unpaired) electrons. The summed E-state index contributed by atoms with van der Waals surface area (Å²) in [6.07, 6.45) is -4.01. The van der Waals surface area contributed by atoms with Crippen LogP contribution in [0.2, 0.25) is 0 Å². The first-order valence-corrected chi connectivity index (χ1v) is 10.0. The van der Waals surface area contributed by atoms with E-state index in [-0.39, 0.29) is 78.1 Å². The second-order valence-electron chi connectivity index (χ2n) is 8.06. The molecule has 4 rings (SSSR count). The van der Waals surface area contributed by atoms with Gasteiger partial charge in [-0.1, -0.05) is 48.5 Å². The van der Waals surface area contributed by atoms with Gasteiger partial charge < -0.3 is 0 Å². The van der Waals surface area contributed by atoms with Crippen LogP contribution in [0.15, 0.2) is 48.5 Å². The van der Waals surface area contributed by atoms with Crippen LogP contribution in [0.5, 0.6) is 0 Å². The van der Waals surface area contributed by atoms with Crippen molar-refractivity contribution in [1.29, 1.82) is 0 Å². The van der Waals surface area contributed by atoms with Crippen molar-refractivity contribution in [3.8, 4) is 0 Å². The van der Waals surface area contributed by atoms with Gasteiger partial charge in [0.15, 0.2) is 69.8 Å². The van der Waals surface area contributed by atoms with Crippen LogP contribution in [0, 0.1) is 69.8 Å². The Hall–Kier alpha value is -2.90. The third kappa shape index (κ3) is 4.71. The maximum Gasteiger partial charge on any atom is 1.00 e. The number of rotatable bonds is 4. The quantitative estimate of drug-likeness (QED) is 0.204. The molecule has 0 aliphatic rings. The molecule has 0 atom stereocenters. The first kappa shape index (κ1) is 29.7. The fraction of sp³-hybridized carbons (Fsp3) is 0. The molecule has 192 valence electrons. The molecule has 0 spiro atoms. The summed E-state index contributed by atoms with van der Waals surface area (Å²) < 4.78 is 170. The van der Waals surface area contributed by atoms with Crippen LogP contribution in [0.4, 0.5) is 52.7 Å². The molecular formula is C24H8BF12Na. The maximum atomic E-state index is 14.4. The molecule has 0 fully saturated rings. The minimum absolute atomic E-state index is 0. The SMILES string of the molecule is Fc1cc([B-](c2cc(F)c(F)c(F)c2)(c2cc(F)c(F)c(F)c2)c2cc(F)c(F)c(F)c2)cc(F)c1F.[Na+]. The van der Waals surface area contributed by atoms with Gasteiger partial charge in [0.2, 0.25) is 0 Å². The van der Waals surface area contributed by atoms with Gasteiger partial charge in [-0.3, -0.25) is 0 Å². The summed E-state index contributed by atoms with van der Waals surface area (Å²) in [7, 11) is 0. The van der Waals surface area contributed by atoms with Gasteiger partial charge in [-0.05, 0) is 0 Å². The zero-order valence-electron chi connectivity index (χ0n) is 18.7. The largest absolute Gasteiger partial charge is 1.00 e. The Morgan fingerprint density at radius 2 is 0.421 bits per heavy atom. The summed E-state index contributed by atoms with van der Waals surface area (Å²) in [4.78, 5) is 0. The van der Waals surface area contributed by atoms with Crippen LogP contribution >= 0.6 is 0 Å². The molecule has 0 nitrogen and oxygen atoms in total. The molecule has 0 heterocycles. The zero-order chi connectivity index (χ0) is 27.4. The van der Waals surface area contributed by atoms with Crippen molar-refractivity contribution < 1.29 is 82.2 Å². The molecule has 0 aliphatic heterocycles. The van der Waals surface area contributed by atoms with E-state index in [1.54, 1.807) is 0 Å². The van der Waals surface area contributed by atoms with Crippen molar-refractivity contribution in [3.05, 3.63) is 118 Å². The number of hydrogen-bond acceptors (Lipinski definition) is 0. The van der Waals surface area contributed by atoms with Crippen molar-refractivity contribution in [3.63, 3.8) is 0 Å². The van der Waals surface area contributed by atoms with E-state index in [1.807, 2.05) is 0 Å². The van der Waals surface area contributed by atoms with Crippen molar-refractivity contribution in [1.82, 2.24) is 0 Å². The van der Waals surface area contributed by atoms with Crippen LogP contribution in [0.3, 0.4) is 0 Å². The molecule has 0 aromatic heterocycles. The Morgan fingerprint density at radius 3 is 0.553 bits per heavy atom. The third-order valence-corrected chi connectivity index (χ3v) is 6.02. The van der Waals surface area contributed by atoms with Crippen LogP contribution < -0.4 is 51.4 Å². The van der Waals surface area contributed by atoms with Crippen LogP contribution in [-0.2, 0) is 0 Å². The van der Waals surface area contributed by atoms with Crippen molar-refractivity contribution >= 4 is 28.0 Å². The topological polar surface area (TPSA) is 0 Å². The summed E-state index contributed by atoms with van der Waals surface area (Å²) in [6, 6.07) is 1.41. The molecule has 0 amide bonds. The normalized spacial score (nSPS) is 11.5. The predicted molar refractivity (Wildman–Crippen MR) is 110 cm³/mol. The Balaban J connectivity index is 0.00000400. The average molecular weight is 558 g/mol. The molecule has 0 N–H and O–H groups in total. The summed E-state index contributed by atoms with van der Waals surface area (Å²) in [6.45, 7) is 0. The predicted octanol–water partition coefficient (Wildman–Crippen LogP) is 1.74. The monoisotopic (exact) mass is 558 g/mol. The van der Waals surface area contributed by atoms with Gasteiger partial charge in [0.1, 0.15) is 6.15 Å². The number of benzene rings is 4. The second kappa shape index (κ2) is 10.7. The minimum Gasteiger partial charge on any atom is -0.204 e. The van der Waals surface area contributed by atoms with Gasteiger partial charge in [0.05, 0.1) is 0 Å². The Bertz CT molecular complexity index is 1240. The maximum absolute atomic E-state index is 14.4. The molecule has 0 saturated carbocycles. The fourth-order valence-electron chi connectivity index (χ4n) is 4.46. The summed E-state index contributed by atoms with van der Waals surface area (Å²) in [5, 5.41) is 0. The molecule has 4 aromatic carbocycles. The first-order chi connectivity index (χ1) is 17.3. The van der Waals surface area contributed by atoms with Crippen molar-refractivity contribution in [2.75, 3.05) is 0 Å². The standard InChI is InChI=1S/C24H8BF12.Na/c26-13-1-9(2-14(27)21(13)34)25(10-3-15(28)22(35)16(29)4-10,11-5-17(30)23(36)18(31)6-11)12-7-19(32)24(37)20(33)8-12;/h1-8H;/q-1;+1. The molecule has 14 heteroatoms. The third-order valence-electron chi connectivity index (χ3n) is 6.02. The van der Waals surface area contributed by atoms with E-state index >= 15 is 0 Å². The van der Waals surface area contributed by atoms with Crippen molar-refractivity contribution in [2.24, 2.45) is 0 Å².